The molecule has 2 aliphatic heterocycles. The van der Waals surface area contributed by atoms with Crippen LogP contribution < -0.4 is 0 Å². The largest absolute Gasteiger partial charge is 0.379 e. The first-order valence-electron chi connectivity index (χ1n) is 12.8. The number of carbonyl (C=O) groups is 1. The quantitative estimate of drug-likeness (QED) is 0.406. The number of ether oxygens (including phenoxy) is 1. The maximum Gasteiger partial charge on any atom is 0.236 e. The standard InChI is InChI=1S/C27H30N6O2S/c1-31-22-12-18(2-3-19(22)15-28-31)26-21-14-24-20(27(21)30-29-26)13-23(36-24)17-4-6-33(7-5-17)25(34)16-32-8-10-35-11-9-32/h2-3,12-13,15,17H,4-11,14,16H2,1H3,(H,29,30). The van der Waals surface area contributed by atoms with Crippen molar-refractivity contribution >= 4 is 28.1 Å². The number of fused-ring (bicyclic) bond motifs is 4. The van der Waals surface area contributed by atoms with Crippen LogP contribution in [0.2, 0.25) is 0 Å². The molecular formula is C27H30N6O2S. The van der Waals surface area contributed by atoms with Gasteiger partial charge in [0.25, 0.3) is 0 Å². The monoisotopic (exact) mass is 502 g/mol. The summed E-state index contributed by atoms with van der Waals surface area (Å²) in [6.07, 6.45) is 4.92. The van der Waals surface area contributed by atoms with Gasteiger partial charge in [0.1, 0.15) is 0 Å². The van der Waals surface area contributed by atoms with E-state index in [1.165, 1.54) is 26.6 Å². The Morgan fingerprint density at radius 2 is 2.00 bits per heavy atom. The normalized spacial score (nSPS) is 18.6. The molecule has 0 atom stereocenters. The minimum absolute atomic E-state index is 0.267. The number of H-pyrrole nitrogens is 1. The van der Waals surface area contributed by atoms with Crippen molar-refractivity contribution in [2.24, 2.45) is 7.05 Å². The molecule has 186 valence electrons. The molecule has 0 bridgehead atoms. The number of aromatic nitrogens is 4. The molecule has 36 heavy (non-hydrogen) atoms. The van der Waals surface area contributed by atoms with Gasteiger partial charge in [-0.2, -0.15) is 10.2 Å². The zero-order chi connectivity index (χ0) is 24.2. The first kappa shape index (κ1) is 22.2. The first-order valence-corrected chi connectivity index (χ1v) is 13.7. The summed E-state index contributed by atoms with van der Waals surface area (Å²) >= 11 is 1.95. The van der Waals surface area contributed by atoms with Crippen LogP contribution in [0.4, 0.5) is 0 Å². The molecule has 5 heterocycles. The SMILES string of the molecule is Cn1ncc2ccc(-c3n[nH]c4c3Cc3sc(C5CCN(C(=O)CN6CCOCC6)CC5)cc3-4)cc21. The summed E-state index contributed by atoms with van der Waals surface area (Å²) in [6, 6.07) is 8.84. The zero-order valence-corrected chi connectivity index (χ0v) is 21.3. The van der Waals surface area contributed by atoms with E-state index in [0.29, 0.717) is 12.5 Å². The fourth-order valence-electron chi connectivity index (χ4n) is 5.91. The summed E-state index contributed by atoms with van der Waals surface area (Å²) in [6.45, 7) is 5.42. The van der Waals surface area contributed by atoms with E-state index >= 15 is 0 Å². The van der Waals surface area contributed by atoms with Gasteiger partial charge in [0.2, 0.25) is 5.91 Å². The fraction of sp³-hybridized carbons (Fsp3) is 0.444. The number of amides is 1. The number of benzene rings is 1. The Morgan fingerprint density at radius 1 is 1.17 bits per heavy atom. The predicted molar refractivity (Wildman–Crippen MR) is 140 cm³/mol. The minimum atomic E-state index is 0.267. The molecule has 1 aromatic carbocycles. The molecule has 3 aromatic heterocycles. The Morgan fingerprint density at radius 3 is 2.83 bits per heavy atom. The van der Waals surface area contributed by atoms with Gasteiger partial charge in [-0.1, -0.05) is 12.1 Å². The minimum Gasteiger partial charge on any atom is -0.379 e. The van der Waals surface area contributed by atoms with Crippen molar-refractivity contribution in [3.63, 3.8) is 0 Å². The maximum atomic E-state index is 12.8. The van der Waals surface area contributed by atoms with Gasteiger partial charge < -0.3 is 9.64 Å². The Kier molecular flexibility index (Phi) is 5.45. The fourth-order valence-corrected chi connectivity index (χ4v) is 7.26. The second kappa shape index (κ2) is 8.83. The number of likely N-dealkylation sites (tertiary alicyclic amines) is 1. The number of morpholine rings is 1. The molecule has 1 N–H and O–H groups in total. The molecule has 1 aliphatic carbocycles. The molecule has 4 aromatic rings. The highest BCUT2D eigenvalue weighted by Gasteiger charge is 2.31. The van der Waals surface area contributed by atoms with Crippen molar-refractivity contribution in [3.05, 3.63) is 45.8 Å². The molecule has 9 heteroatoms. The van der Waals surface area contributed by atoms with Crippen LogP contribution in [0.25, 0.3) is 33.4 Å². The molecule has 0 unspecified atom stereocenters. The second-order valence-electron chi connectivity index (χ2n) is 10.2. The number of thiophene rings is 1. The Bertz CT molecular complexity index is 1440. The second-order valence-corrected chi connectivity index (χ2v) is 11.3. The lowest BCUT2D eigenvalue weighted by Crippen LogP contribution is -2.46. The van der Waals surface area contributed by atoms with E-state index in [2.05, 4.69) is 44.3 Å². The third-order valence-electron chi connectivity index (χ3n) is 8.04. The summed E-state index contributed by atoms with van der Waals surface area (Å²) in [5, 5.41) is 13.6. The van der Waals surface area contributed by atoms with Gasteiger partial charge in [0, 0.05) is 71.5 Å². The van der Waals surface area contributed by atoms with Crippen molar-refractivity contribution in [1.82, 2.24) is 29.8 Å². The van der Waals surface area contributed by atoms with Gasteiger partial charge in [-0.25, -0.2) is 0 Å². The highest BCUT2D eigenvalue weighted by Crippen LogP contribution is 2.47. The summed E-state index contributed by atoms with van der Waals surface area (Å²) in [5.74, 6) is 0.800. The summed E-state index contributed by atoms with van der Waals surface area (Å²) in [5.41, 5.74) is 7.09. The third-order valence-corrected chi connectivity index (χ3v) is 9.33. The smallest absolute Gasteiger partial charge is 0.236 e. The Hall–Kier alpha value is -3.01. The number of piperidine rings is 1. The predicted octanol–water partition coefficient (Wildman–Crippen LogP) is 3.63. The van der Waals surface area contributed by atoms with Gasteiger partial charge in [-0.05, 0) is 30.9 Å². The molecule has 8 nitrogen and oxygen atoms in total. The van der Waals surface area contributed by atoms with Crippen molar-refractivity contribution in [2.45, 2.75) is 25.2 Å². The van der Waals surface area contributed by atoms with Crippen LogP contribution in [0, 0.1) is 0 Å². The van der Waals surface area contributed by atoms with Crippen LogP contribution in [0.1, 0.15) is 34.1 Å². The van der Waals surface area contributed by atoms with Gasteiger partial charge in [-0.15, -0.1) is 11.3 Å². The number of hydrogen-bond acceptors (Lipinski definition) is 6. The zero-order valence-electron chi connectivity index (χ0n) is 20.5. The summed E-state index contributed by atoms with van der Waals surface area (Å²) < 4.78 is 7.32. The molecular weight excluding hydrogens is 472 g/mol. The van der Waals surface area contributed by atoms with Crippen LogP contribution in [0.15, 0.2) is 30.5 Å². The highest BCUT2D eigenvalue weighted by molar-refractivity contribution is 7.12. The number of rotatable bonds is 4. The van der Waals surface area contributed by atoms with E-state index in [1.807, 2.05) is 29.3 Å². The third kappa shape index (κ3) is 3.77. The Balaban J connectivity index is 1.04. The number of carbonyl (C=O) groups excluding carboxylic acids is 1. The van der Waals surface area contributed by atoms with Crippen LogP contribution in [0.5, 0.6) is 0 Å². The molecule has 7 rings (SSSR count). The van der Waals surface area contributed by atoms with Crippen LogP contribution in [0.3, 0.4) is 0 Å². The summed E-state index contributed by atoms with van der Waals surface area (Å²) in [4.78, 5) is 20.0. The number of hydrogen-bond donors (Lipinski definition) is 1. The number of aromatic amines is 1. The van der Waals surface area contributed by atoms with E-state index in [1.54, 1.807) is 0 Å². The molecule has 2 fully saturated rings. The average molecular weight is 503 g/mol. The Labute approximate surface area is 213 Å². The molecule has 0 saturated carbocycles. The van der Waals surface area contributed by atoms with E-state index < -0.39 is 0 Å². The van der Waals surface area contributed by atoms with Crippen LogP contribution in [-0.4, -0.2) is 81.6 Å². The van der Waals surface area contributed by atoms with E-state index in [9.17, 15) is 4.79 Å². The lowest BCUT2D eigenvalue weighted by Gasteiger charge is -2.34. The number of nitrogens with one attached hydrogen (secondary N) is 1. The number of aryl methyl sites for hydroxylation is 1. The van der Waals surface area contributed by atoms with Gasteiger partial charge in [0.15, 0.2) is 0 Å². The van der Waals surface area contributed by atoms with Crippen molar-refractivity contribution in [1.29, 1.82) is 0 Å². The van der Waals surface area contributed by atoms with E-state index in [4.69, 9.17) is 9.84 Å². The van der Waals surface area contributed by atoms with Crippen molar-refractivity contribution in [3.8, 4) is 22.5 Å². The van der Waals surface area contributed by atoms with Crippen LogP contribution in [-0.2, 0) is 23.0 Å². The average Bonchev–Trinajstić information content (AvgIpc) is 3.66. The molecule has 0 radical (unpaired) electrons. The van der Waals surface area contributed by atoms with E-state index in [0.717, 1.165) is 80.8 Å². The molecule has 3 aliphatic rings. The molecule has 2 saturated heterocycles. The van der Waals surface area contributed by atoms with Crippen molar-refractivity contribution in [2.75, 3.05) is 45.9 Å². The van der Waals surface area contributed by atoms with Gasteiger partial charge in [0.05, 0.1) is 42.9 Å². The van der Waals surface area contributed by atoms with Gasteiger partial charge >= 0.3 is 0 Å². The molecule has 0 spiro atoms. The lowest BCUT2D eigenvalue weighted by atomic mass is 9.94. The topological polar surface area (TPSA) is 79.3 Å². The molecule has 1 amide bonds. The number of nitrogens with zero attached hydrogens (tertiary/aromatic N) is 5. The van der Waals surface area contributed by atoms with Crippen LogP contribution >= 0.6 is 11.3 Å². The first-order chi connectivity index (χ1) is 17.6. The van der Waals surface area contributed by atoms with E-state index in [-0.39, 0.29) is 5.91 Å². The van der Waals surface area contributed by atoms with Gasteiger partial charge in [-0.3, -0.25) is 19.5 Å². The van der Waals surface area contributed by atoms with Crippen molar-refractivity contribution < 1.29 is 9.53 Å². The maximum absolute atomic E-state index is 12.8. The highest BCUT2D eigenvalue weighted by atomic mass is 32.1. The summed E-state index contributed by atoms with van der Waals surface area (Å²) in [7, 11) is 1.98. The lowest BCUT2D eigenvalue weighted by molar-refractivity contribution is -0.134.